The van der Waals surface area contributed by atoms with Crippen LogP contribution in [-0.2, 0) is 24.0 Å². The van der Waals surface area contributed by atoms with Crippen LogP contribution in [0.4, 0.5) is 0 Å². The normalized spacial score (nSPS) is 14.0. The highest BCUT2D eigenvalue weighted by Gasteiger charge is 2.25. The van der Waals surface area contributed by atoms with Gasteiger partial charge in [-0.1, -0.05) is 13.8 Å². The molecule has 0 fully saturated rings. The Balaban J connectivity index is 4.76. The minimum Gasteiger partial charge on any atom is -0.480 e. The van der Waals surface area contributed by atoms with Gasteiger partial charge in [0.1, 0.15) is 12.1 Å². The fourth-order valence-electron chi connectivity index (χ4n) is 2.09. The number of carboxylic acid groups (broad SMARTS) is 1. The third-order valence-corrected chi connectivity index (χ3v) is 3.49. The summed E-state index contributed by atoms with van der Waals surface area (Å²) in [6.07, 6.45) is 0.0199. The van der Waals surface area contributed by atoms with Crippen LogP contribution in [0.25, 0.3) is 0 Å². The van der Waals surface area contributed by atoms with Gasteiger partial charge in [-0.25, -0.2) is 4.79 Å². The number of carboxylic acids is 1. The summed E-state index contributed by atoms with van der Waals surface area (Å²) >= 11 is 0. The Kier molecular flexibility index (Phi) is 10.7. The molecule has 0 rings (SSSR count). The van der Waals surface area contributed by atoms with Crippen LogP contribution in [0.2, 0.25) is 0 Å². The fourth-order valence-corrected chi connectivity index (χ4v) is 2.09. The second kappa shape index (κ2) is 11.8. The van der Waals surface area contributed by atoms with Crippen molar-refractivity contribution in [2.24, 2.45) is 17.4 Å². The molecule has 0 bridgehead atoms. The van der Waals surface area contributed by atoms with Crippen molar-refractivity contribution in [2.45, 2.75) is 58.2 Å². The number of nitrogens with one attached hydrogen (secondary N) is 3. The highest BCUT2D eigenvalue weighted by Crippen LogP contribution is 2.04. The van der Waals surface area contributed by atoms with Gasteiger partial charge in [-0.15, -0.1) is 0 Å². The molecule has 0 saturated carbocycles. The van der Waals surface area contributed by atoms with Crippen molar-refractivity contribution in [3.05, 3.63) is 0 Å². The van der Waals surface area contributed by atoms with Gasteiger partial charge in [0.25, 0.3) is 0 Å². The lowest BCUT2D eigenvalue weighted by Gasteiger charge is -2.20. The van der Waals surface area contributed by atoms with Crippen molar-refractivity contribution in [3.63, 3.8) is 0 Å². The van der Waals surface area contributed by atoms with Gasteiger partial charge in [0.05, 0.1) is 12.6 Å². The van der Waals surface area contributed by atoms with Crippen LogP contribution in [0.15, 0.2) is 0 Å². The number of rotatable bonds is 12. The molecule has 11 nitrogen and oxygen atoms in total. The van der Waals surface area contributed by atoms with E-state index in [0.29, 0.717) is 0 Å². The highest BCUT2D eigenvalue weighted by molar-refractivity contribution is 5.92. The molecule has 3 unspecified atom stereocenters. The summed E-state index contributed by atoms with van der Waals surface area (Å²) in [5.41, 5.74) is 10.5. The standard InChI is InChI=1S/C16H29N5O6/c1-8(2)6-11(16(26)27)20-13(23)7-19-15(25)10(4-5-12(18)22)21-14(24)9(3)17/h8-11H,4-7,17H2,1-3H3,(H2,18,22)(H,19,25)(H,20,23)(H,21,24)(H,26,27). The van der Waals surface area contributed by atoms with Gasteiger partial charge < -0.3 is 32.5 Å². The molecule has 0 heterocycles. The predicted molar refractivity (Wildman–Crippen MR) is 96.0 cm³/mol. The van der Waals surface area contributed by atoms with Gasteiger partial charge in [0.2, 0.25) is 23.6 Å². The number of carbonyl (C=O) groups is 5. The van der Waals surface area contributed by atoms with E-state index < -0.39 is 54.3 Å². The Morgan fingerprint density at radius 3 is 2.00 bits per heavy atom. The molecule has 0 saturated heterocycles. The SMILES string of the molecule is CC(C)CC(NC(=O)CNC(=O)C(CCC(N)=O)NC(=O)C(C)N)C(=O)O. The first kappa shape index (κ1) is 24.3. The van der Waals surface area contributed by atoms with E-state index in [1.807, 2.05) is 13.8 Å². The molecule has 11 heteroatoms. The zero-order valence-corrected chi connectivity index (χ0v) is 15.8. The minimum absolute atomic E-state index is 0.0487. The lowest BCUT2D eigenvalue weighted by molar-refractivity contribution is -0.142. The molecule has 0 aromatic carbocycles. The topological polar surface area (TPSA) is 194 Å². The van der Waals surface area contributed by atoms with Gasteiger partial charge in [-0.2, -0.15) is 0 Å². The zero-order valence-electron chi connectivity index (χ0n) is 15.8. The Morgan fingerprint density at radius 1 is 0.963 bits per heavy atom. The Bertz CT molecular complexity index is 564. The highest BCUT2D eigenvalue weighted by atomic mass is 16.4. The first-order valence-corrected chi connectivity index (χ1v) is 8.58. The summed E-state index contributed by atoms with van der Waals surface area (Å²) in [4.78, 5) is 57.8. The molecule has 0 aliphatic carbocycles. The molecule has 0 aromatic rings. The molecule has 3 atom stereocenters. The van der Waals surface area contributed by atoms with Gasteiger partial charge in [0, 0.05) is 6.42 Å². The average Bonchev–Trinajstić information content (AvgIpc) is 2.54. The van der Waals surface area contributed by atoms with Crippen LogP contribution in [0.3, 0.4) is 0 Å². The number of carbonyl (C=O) groups excluding carboxylic acids is 4. The maximum absolute atomic E-state index is 12.2. The predicted octanol–water partition coefficient (Wildman–Crippen LogP) is -2.18. The van der Waals surface area contributed by atoms with Crippen LogP contribution in [0.1, 0.15) is 40.0 Å². The van der Waals surface area contributed by atoms with Gasteiger partial charge in [-0.3, -0.25) is 19.2 Å². The monoisotopic (exact) mass is 387 g/mol. The number of hydrogen-bond acceptors (Lipinski definition) is 6. The van der Waals surface area contributed by atoms with Crippen LogP contribution >= 0.6 is 0 Å². The number of hydrogen-bond donors (Lipinski definition) is 6. The van der Waals surface area contributed by atoms with Crippen molar-refractivity contribution in [1.82, 2.24) is 16.0 Å². The smallest absolute Gasteiger partial charge is 0.326 e. The van der Waals surface area contributed by atoms with Crippen LogP contribution < -0.4 is 27.4 Å². The first-order chi connectivity index (χ1) is 12.4. The van der Waals surface area contributed by atoms with E-state index in [1.54, 1.807) is 0 Å². The summed E-state index contributed by atoms with van der Waals surface area (Å²) in [5.74, 6) is -3.79. The van der Waals surface area contributed by atoms with Crippen LogP contribution in [0.5, 0.6) is 0 Å². The summed E-state index contributed by atoms with van der Waals surface area (Å²) in [6, 6.07) is -3.04. The first-order valence-electron chi connectivity index (χ1n) is 8.58. The lowest BCUT2D eigenvalue weighted by Crippen LogP contribution is -2.53. The minimum atomic E-state index is -1.17. The van der Waals surface area contributed by atoms with Crippen LogP contribution in [-0.4, -0.2) is 59.4 Å². The van der Waals surface area contributed by atoms with Crippen molar-refractivity contribution >= 4 is 29.6 Å². The second-order valence-corrected chi connectivity index (χ2v) is 6.66. The second-order valence-electron chi connectivity index (χ2n) is 6.66. The number of primary amides is 1. The van der Waals surface area contributed by atoms with Crippen molar-refractivity contribution in [3.8, 4) is 0 Å². The summed E-state index contributed by atoms with van der Waals surface area (Å²) < 4.78 is 0. The molecule has 0 aromatic heterocycles. The largest absolute Gasteiger partial charge is 0.480 e. The van der Waals surface area contributed by atoms with E-state index in [1.165, 1.54) is 6.92 Å². The Morgan fingerprint density at radius 2 is 1.56 bits per heavy atom. The maximum atomic E-state index is 12.2. The van der Waals surface area contributed by atoms with E-state index in [-0.39, 0.29) is 25.2 Å². The van der Waals surface area contributed by atoms with E-state index in [4.69, 9.17) is 16.6 Å². The molecule has 27 heavy (non-hydrogen) atoms. The molecule has 8 N–H and O–H groups in total. The average molecular weight is 387 g/mol. The molecule has 0 spiro atoms. The molecule has 4 amide bonds. The number of amides is 4. The summed E-state index contributed by atoms with van der Waals surface area (Å²) in [7, 11) is 0. The molecule has 0 radical (unpaired) electrons. The lowest BCUT2D eigenvalue weighted by atomic mass is 10.0. The van der Waals surface area contributed by atoms with Crippen molar-refractivity contribution < 1.29 is 29.1 Å². The molecule has 0 aliphatic heterocycles. The van der Waals surface area contributed by atoms with Gasteiger partial charge in [-0.05, 0) is 25.7 Å². The van der Waals surface area contributed by atoms with E-state index >= 15 is 0 Å². The third-order valence-electron chi connectivity index (χ3n) is 3.49. The molecular formula is C16H29N5O6. The summed E-state index contributed by atoms with van der Waals surface area (Å²) in [6.45, 7) is 4.57. The third kappa shape index (κ3) is 10.8. The Labute approximate surface area is 157 Å². The quantitative estimate of drug-likeness (QED) is 0.219. The maximum Gasteiger partial charge on any atom is 0.326 e. The zero-order chi connectivity index (χ0) is 21.1. The van der Waals surface area contributed by atoms with Gasteiger partial charge >= 0.3 is 5.97 Å². The van der Waals surface area contributed by atoms with E-state index in [2.05, 4.69) is 16.0 Å². The fraction of sp³-hybridized carbons (Fsp3) is 0.688. The van der Waals surface area contributed by atoms with Crippen LogP contribution in [0, 0.1) is 5.92 Å². The number of nitrogens with two attached hydrogens (primary N) is 2. The molecule has 154 valence electrons. The Hall–Kier alpha value is -2.69. The van der Waals surface area contributed by atoms with Crippen molar-refractivity contribution in [1.29, 1.82) is 0 Å². The van der Waals surface area contributed by atoms with E-state index in [9.17, 15) is 24.0 Å². The van der Waals surface area contributed by atoms with Gasteiger partial charge in [0.15, 0.2) is 0 Å². The van der Waals surface area contributed by atoms with E-state index in [0.717, 1.165) is 0 Å². The number of aliphatic carboxylic acids is 1. The molecular weight excluding hydrogens is 358 g/mol. The van der Waals surface area contributed by atoms with Crippen molar-refractivity contribution in [2.75, 3.05) is 6.54 Å². The molecule has 0 aliphatic rings. The summed E-state index contributed by atoms with van der Waals surface area (Å²) in [5, 5.41) is 16.1.